The Morgan fingerprint density at radius 1 is 0.514 bits per heavy atom. The molecule has 1 saturated carbocycles. The first-order valence-corrected chi connectivity index (χ1v) is 24.9. The van der Waals surface area contributed by atoms with Gasteiger partial charge in [-0.15, -0.1) is 5.73 Å². The lowest BCUT2D eigenvalue weighted by atomic mass is 9.55. The third kappa shape index (κ3) is 14.2. The molecular weight excluding hydrogens is 913 g/mol. The molecule has 3 aliphatic carbocycles. The fourth-order valence-corrected chi connectivity index (χ4v) is 9.76. The minimum absolute atomic E-state index is 0.165. The Morgan fingerprint density at radius 2 is 0.889 bits per heavy atom. The van der Waals surface area contributed by atoms with Gasteiger partial charge in [0.25, 0.3) is 0 Å². The molecule has 3 aliphatic rings. The van der Waals surface area contributed by atoms with Crippen LogP contribution in [0.4, 0.5) is 19.2 Å². The molecule has 1 unspecified atom stereocenters. The number of allylic oxidation sites excluding steroid dienone is 2. The smallest absolute Gasteiger partial charge is 0.429 e. The van der Waals surface area contributed by atoms with Crippen molar-refractivity contribution < 1.29 is 57.1 Å². The van der Waals surface area contributed by atoms with Crippen LogP contribution < -0.4 is 14.2 Å². The monoisotopic (exact) mass is 987 g/mol. The summed E-state index contributed by atoms with van der Waals surface area (Å²) in [5.74, 6) is 8.03. The van der Waals surface area contributed by atoms with Gasteiger partial charge in [-0.05, 0) is 205 Å². The maximum Gasteiger partial charge on any atom is 0.514 e. The third-order valence-electron chi connectivity index (χ3n) is 13.3. The zero-order valence-corrected chi connectivity index (χ0v) is 45.0. The van der Waals surface area contributed by atoms with Gasteiger partial charge in [0.15, 0.2) is 5.60 Å². The Balaban J connectivity index is 1.28. The molecule has 0 radical (unpaired) electrons. The van der Waals surface area contributed by atoms with E-state index in [-0.39, 0.29) is 5.41 Å². The van der Waals surface area contributed by atoms with Gasteiger partial charge in [0, 0.05) is 16.9 Å². The number of hydrogen-bond donors (Lipinski definition) is 0. The number of benzene rings is 3. The second kappa shape index (κ2) is 20.6. The lowest BCUT2D eigenvalue weighted by Crippen LogP contribution is -2.40. The van der Waals surface area contributed by atoms with E-state index < -0.39 is 63.5 Å². The molecule has 3 aromatic rings. The Kier molecular flexibility index (Phi) is 15.7. The van der Waals surface area contributed by atoms with Gasteiger partial charge >= 0.3 is 24.6 Å². The summed E-state index contributed by atoms with van der Waals surface area (Å²) in [6.45, 7) is 27.9. The molecule has 3 aromatic carbocycles. The second-order valence-corrected chi connectivity index (χ2v) is 24.0. The number of carbonyl (C=O) groups is 4. The van der Waals surface area contributed by atoms with Gasteiger partial charge in [0.1, 0.15) is 39.7 Å². The summed E-state index contributed by atoms with van der Waals surface area (Å²) in [7, 11) is 0. The molecule has 0 aromatic heterocycles. The molecule has 1 atom stereocenters. The number of ether oxygens (including phenoxy) is 8. The first-order chi connectivity index (χ1) is 33.3. The van der Waals surface area contributed by atoms with Crippen molar-refractivity contribution in [1.82, 2.24) is 0 Å². The Labute approximate surface area is 426 Å². The average Bonchev–Trinajstić information content (AvgIpc) is 3.24. The lowest BCUT2D eigenvalue weighted by Gasteiger charge is -2.48. The highest BCUT2D eigenvalue weighted by atomic mass is 16.8. The van der Waals surface area contributed by atoms with E-state index in [0.29, 0.717) is 29.6 Å². The van der Waals surface area contributed by atoms with Gasteiger partial charge in [-0.25, -0.2) is 19.2 Å². The van der Waals surface area contributed by atoms with Crippen molar-refractivity contribution in [2.75, 3.05) is 0 Å². The van der Waals surface area contributed by atoms with E-state index >= 15 is 0 Å². The van der Waals surface area contributed by atoms with Gasteiger partial charge < -0.3 is 37.9 Å². The molecule has 0 aliphatic heterocycles. The van der Waals surface area contributed by atoms with Gasteiger partial charge in [0.2, 0.25) is 0 Å². The van der Waals surface area contributed by atoms with Crippen LogP contribution in [-0.2, 0) is 34.5 Å². The molecule has 386 valence electrons. The van der Waals surface area contributed by atoms with Crippen molar-refractivity contribution >= 4 is 24.6 Å². The summed E-state index contributed by atoms with van der Waals surface area (Å²) >= 11 is 0. The van der Waals surface area contributed by atoms with Crippen LogP contribution in [-0.4, -0.2) is 52.6 Å². The highest BCUT2D eigenvalue weighted by molar-refractivity contribution is 5.66. The largest absolute Gasteiger partial charge is 0.514 e. The van der Waals surface area contributed by atoms with E-state index in [4.69, 9.17) is 37.9 Å². The second-order valence-electron chi connectivity index (χ2n) is 24.0. The minimum Gasteiger partial charge on any atom is -0.429 e. The van der Waals surface area contributed by atoms with Crippen LogP contribution in [0.15, 0.2) is 102 Å². The van der Waals surface area contributed by atoms with Gasteiger partial charge in [-0.3, -0.25) is 0 Å². The Morgan fingerprint density at radius 3 is 1.22 bits per heavy atom. The number of rotatable bonds is 10. The van der Waals surface area contributed by atoms with Gasteiger partial charge in [-0.1, -0.05) is 67.8 Å². The SMILES string of the molecule is CC(C)(C)OC(=O)Oc1ccc(C2(C3=C=CC(C)(OC(=O)OC(C)(C)C)C#C3)CCC(C(C)(C)C3=CCC(c4ccc(OC(=O)OC(C)(C)C)cc4)(c4ccc(OC(=O)OC(C)(C)C)cc4)CC3)CC2)cc1. The van der Waals surface area contributed by atoms with Crippen LogP contribution in [0, 0.1) is 23.2 Å². The molecule has 12 nitrogen and oxygen atoms in total. The molecule has 0 saturated heterocycles. The van der Waals surface area contributed by atoms with Crippen molar-refractivity contribution in [3.63, 3.8) is 0 Å². The van der Waals surface area contributed by atoms with Crippen LogP contribution in [0.2, 0.25) is 0 Å². The van der Waals surface area contributed by atoms with Crippen molar-refractivity contribution in [2.45, 2.75) is 188 Å². The molecule has 0 N–H and O–H groups in total. The first kappa shape index (κ1) is 54.9. The third-order valence-corrected chi connectivity index (χ3v) is 13.3. The van der Waals surface area contributed by atoms with Crippen molar-refractivity contribution in [1.29, 1.82) is 0 Å². The Hall–Kier alpha value is -6.44. The molecule has 1 fully saturated rings. The average molecular weight is 987 g/mol. The lowest BCUT2D eigenvalue weighted by molar-refractivity contribution is -0.0290. The van der Waals surface area contributed by atoms with Crippen LogP contribution in [0.25, 0.3) is 0 Å². The molecular formula is C60H74O12. The summed E-state index contributed by atoms with van der Waals surface area (Å²) in [5.41, 5.74) is 3.60. The van der Waals surface area contributed by atoms with Gasteiger partial charge in [-0.2, -0.15) is 0 Å². The topological polar surface area (TPSA) is 142 Å². The number of carbonyl (C=O) groups excluding carboxylic acids is 4. The highest BCUT2D eigenvalue weighted by Gasteiger charge is 2.47. The summed E-state index contributed by atoms with van der Waals surface area (Å²) in [6.07, 6.45) is 6.66. The quantitative estimate of drug-likeness (QED) is 0.0476. The predicted molar refractivity (Wildman–Crippen MR) is 275 cm³/mol. The van der Waals surface area contributed by atoms with E-state index in [0.717, 1.165) is 60.8 Å². The fourth-order valence-electron chi connectivity index (χ4n) is 9.76. The van der Waals surface area contributed by atoms with Crippen LogP contribution in [0.3, 0.4) is 0 Å². The van der Waals surface area contributed by atoms with Crippen LogP contribution in [0.1, 0.15) is 165 Å². The maximum atomic E-state index is 12.7. The zero-order valence-electron chi connectivity index (χ0n) is 45.0. The molecule has 0 heterocycles. The van der Waals surface area contributed by atoms with E-state index in [2.05, 4.69) is 37.5 Å². The molecule has 72 heavy (non-hydrogen) atoms. The van der Waals surface area contributed by atoms with Crippen molar-refractivity contribution in [3.05, 3.63) is 119 Å². The molecule has 6 rings (SSSR count). The van der Waals surface area contributed by atoms with E-state index in [1.54, 1.807) is 132 Å². The minimum atomic E-state index is -1.23. The summed E-state index contributed by atoms with van der Waals surface area (Å²) in [5, 5.41) is 0. The predicted octanol–water partition coefficient (Wildman–Crippen LogP) is 15.0. The molecule has 0 spiro atoms. The molecule has 0 amide bonds. The van der Waals surface area contributed by atoms with Crippen molar-refractivity contribution in [3.8, 4) is 29.1 Å². The summed E-state index contributed by atoms with van der Waals surface area (Å²) in [4.78, 5) is 50.4. The van der Waals surface area contributed by atoms with E-state index in [1.165, 1.54) is 5.57 Å². The van der Waals surface area contributed by atoms with Crippen molar-refractivity contribution in [2.24, 2.45) is 11.3 Å². The maximum absolute atomic E-state index is 12.7. The van der Waals surface area contributed by atoms with Gasteiger partial charge in [0.05, 0.1) is 5.57 Å². The van der Waals surface area contributed by atoms with Crippen LogP contribution >= 0.6 is 0 Å². The first-order valence-electron chi connectivity index (χ1n) is 24.9. The molecule has 12 heteroatoms. The van der Waals surface area contributed by atoms with E-state index in [1.807, 2.05) is 36.4 Å². The fraction of sp³-hybridized carbons (Fsp3) is 0.517. The normalized spacial score (nSPS) is 21.1. The summed E-state index contributed by atoms with van der Waals surface area (Å²) < 4.78 is 44.0. The van der Waals surface area contributed by atoms with E-state index in [9.17, 15) is 19.2 Å². The number of hydrogen-bond acceptors (Lipinski definition) is 12. The standard InChI is InChI=1S/C60H74O12/c1-53(2,3)68-49(61)65-46-22-16-42(17-23-46)59(43-18-24-47(25-19-43)66-50(62)69-54(4,5)6)36-30-40(31-37-59)57(13,14)41-32-38-60(39-33-41,44-20-26-48(27-21-44)67-51(63)70-55(7,8)9)45-28-34-58(15,35-29-45)72-52(64)71-56(10,11)12/h16-27,30,34,41H,31-33,36-39H2,1-15H3. The Bertz CT molecular complexity index is 2560. The zero-order chi connectivity index (χ0) is 53.1. The summed E-state index contributed by atoms with van der Waals surface area (Å²) in [6, 6.07) is 22.8. The highest BCUT2D eigenvalue weighted by Crippen LogP contribution is 2.55. The molecule has 0 bridgehead atoms. The van der Waals surface area contributed by atoms with Crippen LogP contribution in [0.5, 0.6) is 17.2 Å².